The van der Waals surface area contributed by atoms with Gasteiger partial charge in [0, 0.05) is 5.56 Å². The fourth-order valence-corrected chi connectivity index (χ4v) is 4.01. The predicted octanol–water partition coefficient (Wildman–Crippen LogP) is 3.90. The Morgan fingerprint density at radius 1 is 1.07 bits per heavy atom. The van der Waals surface area contributed by atoms with E-state index in [2.05, 4.69) is 4.74 Å². The van der Waals surface area contributed by atoms with Crippen molar-refractivity contribution >= 4 is 51.9 Å². The highest BCUT2D eigenvalue weighted by Crippen LogP contribution is 2.39. The lowest BCUT2D eigenvalue weighted by Crippen LogP contribution is -2.27. The van der Waals surface area contributed by atoms with Crippen molar-refractivity contribution < 1.29 is 23.8 Å². The summed E-state index contributed by atoms with van der Waals surface area (Å²) in [5, 5.41) is 0. The van der Waals surface area contributed by atoms with Crippen molar-refractivity contribution in [2.24, 2.45) is 0 Å². The van der Waals surface area contributed by atoms with Gasteiger partial charge in [0.25, 0.3) is 5.91 Å². The van der Waals surface area contributed by atoms with Gasteiger partial charge in [0.2, 0.25) is 0 Å². The Kier molecular flexibility index (Phi) is 6.01. The summed E-state index contributed by atoms with van der Waals surface area (Å²) in [4.78, 5) is 26.4. The number of amides is 1. The molecule has 1 aliphatic heterocycles. The molecule has 0 saturated carbocycles. The second-order valence-electron chi connectivity index (χ2n) is 5.64. The average Bonchev–Trinajstić information content (AvgIpc) is 3.00. The normalized spacial score (nSPS) is 15.1. The Hall–Kier alpha value is -2.84. The zero-order chi connectivity index (χ0) is 20.3. The Labute approximate surface area is 172 Å². The van der Waals surface area contributed by atoms with Crippen LogP contribution in [0.5, 0.6) is 11.5 Å². The van der Waals surface area contributed by atoms with Crippen LogP contribution >= 0.6 is 24.0 Å². The first kappa shape index (κ1) is 19.9. The van der Waals surface area contributed by atoms with Crippen LogP contribution in [0.4, 0.5) is 5.69 Å². The molecule has 0 aliphatic carbocycles. The first-order valence-electron chi connectivity index (χ1n) is 8.17. The molecule has 2 aromatic rings. The lowest BCUT2D eigenvalue weighted by molar-refractivity contribution is -0.113. The third-order valence-corrected chi connectivity index (χ3v) is 5.36. The highest BCUT2D eigenvalue weighted by Gasteiger charge is 2.33. The summed E-state index contributed by atoms with van der Waals surface area (Å²) in [7, 11) is 4.41. The van der Waals surface area contributed by atoms with Gasteiger partial charge in [-0.1, -0.05) is 36.1 Å². The third-order valence-electron chi connectivity index (χ3n) is 4.06. The summed E-state index contributed by atoms with van der Waals surface area (Å²) >= 11 is 6.59. The van der Waals surface area contributed by atoms with Gasteiger partial charge in [0.1, 0.15) is 0 Å². The first-order chi connectivity index (χ1) is 13.5. The van der Waals surface area contributed by atoms with Gasteiger partial charge in [-0.05, 0) is 36.4 Å². The Balaban J connectivity index is 1.92. The number of benzene rings is 2. The van der Waals surface area contributed by atoms with Gasteiger partial charge < -0.3 is 14.2 Å². The number of hydrogen-bond donors (Lipinski definition) is 0. The van der Waals surface area contributed by atoms with Crippen LogP contribution in [0, 0.1) is 0 Å². The van der Waals surface area contributed by atoms with Crippen molar-refractivity contribution in [3.8, 4) is 11.5 Å². The van der Waals surface area contributed by atoms with Crippen molar-refractivity contribution in [1.29, 1.82) is 0 Å². The fourth-order valence-electron chi connectivity index (χ4n) is 2.72. The molecule has 28 heavy (non-hydrogen) atoms. The van der Waals surface area contributed by atoms with E-state index in [1.807, 2.05) is 12.1 Å². The van der Waals surface area contributed by atoms with Crippen LogP contribution < -0.4 is 14.4 Å². The van der Waals surface area contributed by atoms with Crippen molar-refractivity contribution in [1.82, 2.24) is 0 Å². The number of thioether (sulfide) groups is 1. The summed E-state index contributed by atoms with van der Waals surface area (Å²) in [6, 6.07) is 11.9. The monoisotopic (exact) mass is 415 g/mol. The molecule has 0 atom stereocenters. The number of carbonyl (C=O) groups excluding carboxylic acids is 2. The van der Waals surface area contributed by atoms with Gasteiger partial charge in [-0.25, -0.2) is 4.79 Å². The molecule has 8 heteroatoms. The van der Waals surface area contributed by atoms with E-state index in [0.717, 1.165) is 0 Å². The smallest absolute Gasteiger partial charge is 0.337 e. The van der Waals surface area contributed by atoms with E-state index in [1.54, 1.807) is 50.6 Å². The molecule has 1 heterocycles. The van der Waals surface area contributed by atoms with Gasteiger partial charge in [0.15, 0.2) is 15.8 Å². The maximum atomic E-state index is 12.9. The number of methoxy groups -OCH3 is 3. The second-order valence-corrected chi connectivity index (χ2v) is 7.31. The number of carbonyl (C=O) groups is 2. The summed E-state index contributed by atoms with van der Waals surface area (Å²) in [6.07, 6.45) is 1.73. The number of para-hydroxylation sites is 1. The van der Waals surface area contributed by atoms with Crippen molar-refractivity contribution in [2.75, 3.05) is 26.2 Å². The highest BCUT2D eigenvalue weighted by atomic mass is 32.2. The molecule has 2 aromatic carbocycles. The van der Waals surface area contributed by atoms with Crippen LogP contribution in [0.3, 0.4) is 0 Å². The zero-order valence-corrected chi connectivity index (χ0v) is 17.1. The van der Waals surface area contributed by atoms with E-state index in [4.69, 9.17) is 21.7 Å². The van der Waals surface area contributed by atoms with E-state index < -0.39 is 5.97 Å². The van der Waals surface area contributed by atoms with Crippen molar-refractivity contribution in [3.05, 3.63) is 58.5 Å². The van der Waals surface area contributed by atoms with Crippen LogP contribution in [0.15, 0.2) is 47.4 Å². The van der Waals surface area contributed by atoms with E-state index >= 15 is 0 Å². The number of esters is 1. The molecular weight excluding hydrogens is 398 g/mol. The van der Waals surface area contributed by atoms with Gasteiger partial charge in [-0.2, -0.15) is 0 Å². The summed E-state index contributed by atoms with van der Waals surface area (Å²) in [5.74, 6) is 0.426. The number of nitrogens with zero attached hydrogens (tertiary/aromatic N) is 1. The molecule has 3 rings (SSSR count). The van der Waals surface area contributed by atoms with Gasteiger partial charge in [0.05, 0.1) is 37.5 Å². The quantitative estimate of drug-likeness (QED) is 0.417. The van der Waals surface area contributed by atoms with Crippen LogP contribution in [-0.2, 0) is 9.53 Å². The molecule has 1 aliphatic rings. The lowest BCUT2D eigenvalue weighted by atomic mass is 10.1. The highest BCUT2D eigenvalue weighted by molar-refractivity contribution is 8.27. The van der Waals surface area contributed by atoms with Gasteiger partial charge in [-0.3, -0.25) is 9.69 Å². The summed E-state index contributed by atoms with van der Waals surface area (Å²) in [6.45, 7) is 0. The fraction of sp³-hybridized carbons (Fsp3) is 0.150. The van der Waals surface area contributed by atoms with Crippen LogP contribution in [0.1, 0.15) is 15.9 Å². The Morgan fingerprint density at radius 3 is 2.39 bits per heavy atom. The molecule has 1 amide bonds. The molecule has 0 radical (unpaired) electrons. The molecule has 6 nitrogen and oxygen atoms in total. The van der Waals surface area contributed by atoms with Gasteiger partial charge in [-0.15, -0.1) is 0 Å². The van der Waals surface area contributed by atoms with E-state index in [-0.39, 0.29) is 5.91 Å². The zero-order valence-electron chi connectivity index (χ0n) is 15.4. The standard InChI is InChI=1S/C20H17NO5S2/c1-24-15-6-4-5-13(17(15)25-2)11-16-18(22)21(20(27)28-16)14-9-7-12(8-10-14)19(23)26-3/h4-11H,1-3H3/b16-11-. The maximum Gasteiger partial charge on any atom is 0.337 e. The molecule has 0 spiro atoms. The molecule has 1 saturated heterocycles. The van der Waals surface area contributed by atoms with E-state index in [9.17, 15) is 9.59 Å². The van der Waals surface area contributed by atoms with E-state index in [1.165, 1.54) is 23.8 Å². The topological polar surface area (TPSA) is 65.1 Å². The summed E-state index contributed by atoms with van der Waals surface area (Å²) < 4.78 is 15.8. The lowest BCUT2D eigenvalue weighted by Gasteiger charge is -2.14. The second kappa shape index (κ2) is 8.45. The molecule has 0 bridgehead atoms. The van der Waals surface area contributed by atoms with Crippen molar-refractivity contribution in [2.45, 2.75) is 0 Å². The predicted molar refractivity (Wildman–Crippen MR) is 113 cm³/mol. The van der Waals surface area contributed by atoms with E-state index in [0.29, 0.717) is 37.5 Å². The van der Waals surface area contributed by atoms with Crippen LogP contribution in [0.25, 0.3) is 6.08 Å². The minimum Gasteiger partial charge on any atom is -0.493 e. The molecule has 144 valence electrons. The first-order valence-corrected chi connectivity index (χ1v) is 9.40. The van der Waals surface area contributed by atoms with Crippen LogP contribution in [-0.4, -0.2) is 37.5 Å². The Bertz CT molecular complexity index is 969. The molecule has 0 unspecified atom stereocenters. The minimum atomic E-state index is -0.443. The molecule has 0 N–H and O–H groups in total. The van der Waals surface area contributed by atoms with Crippen LogP contribution in [0.2, 0.25) is 0 Å². The summed E-state index contributed by atoms with van der Waals surface area (Å²) in [5.41, 5.74) is 1.69. The number of ether oxygens (including phenoxy) is 3. The third kappa shape index (κ3) is 3.74. The molecular formula is C20H17NO5S2. The number of hydrogen-bond acceptors (Lipinski definition) is 7. The average molecular weight is 415 g/mol. The number of rotatable bonds is 5. The molecule has 1 fully saturated rings. The largest absolute Gasteiger partial charge is 0.493 e. The Morgan fingerprint density at radius 2 is 1.79 bits per heavy atom. The maximum absolute atomic E-state index is 12.9. The molecule has 0 aromatic heterocycles. The number of anilines is 1. The van der Waals surface area contributed by atoms with Gasteiger partial charge >= 0.3 is 5.97 Å². The minimum absolute atomic E-state index is 0.245. The van der Waals surface area contributed by atoms with Crippen molar-refractivity contribution in [3.63, 3.8) is 0 Å². The SMILES string of the molecule is COC(=O)c1ccc(N2C(=O)/C(=C/c3cccc(OC)c3OC)SC2=S)cc1. The number of thiocarbonyl (C=S) groups is 1.